The average Bonchev–Trinajstić information content (AvgIpc) is 2.98. The summed E-state index contributed by atoms with van der Waals surface area (Å²) in [7, 11) is 0. The molecule has 8 heteroatoms. The van der Waals surface area contributed by atoms with E-state index < -0.39 is 33.6 Å². The third-order valence-electron chi connectivity index (χ3n) is 7.10. The minimum atomic E-state index is -1.40. The van der Waals surface area contributed by atoms with Crippen LogP contribution in [0.4, 0.5) is 13.2 Å². The van der Waals surface area contributed by atoms with Crippen LogP contribution in [-0.2, 0) is 22.6 Å². The Morgan fingerprint density at radius 1 is 1.09 bits per heavy atom. The van der Waals surface area contributed by atoms with Crippen molar-refractivity contribution in [3.63, 3.8) is 0 Å². The summed E-state index contributed by atoms with van der Waals surface area (Å²) >= 11 is -1.40. The van der Waals surface area contributed by atoms with Crippen molar-refractivity contribution in [1.29, 1.82) is 0 Å². The van der Waals surface area contributed by atoms with E-state index in [0.29, 0.717) is 12.6 Å². The second kappa shape index (κ2) is 10.7. The molecule has 6 atom stereocenters. The molecule has 2 aliphatic carbocycles. The lowest BCUT2D eigenvalue weighted by molar-refractivity contribution is -0.126. The van der Waals surface area contributed by atoms with E-state index in [1.165, 1.54) is 0 Å². The van der Waals surface area contributed by atoms with Crippen molar-refractivity contribution in [2.75, 3.05) is 6.54 Å². The van der Waals surface area contributed by atoms with Gasteiger partial charge in [0.25, 0.3) is 0 Å². The van der Waals surface area contributed by atoms with Gasteiger partial charge in [0.15, 0.2) is 11.6 Å². The summed E-state index contributed by atoms with van der Waals surface area (Å²) in [5.74, 6) is -2.25. The van der Waals surface area contributed by atoms with E-state index in [-0.39, 0.29) is 53.5 Å². The maximum absolute atomic E-state index is 14.5. The molecule has 0 heterocycles. The van der Waals surface area contributed by atoms with Crippen LogP contribution in [0, 0.1) is 41.1 Å². The number of fused-ring (bicyclic) bond motifs is 2. The molecule has 1 aromatic carbocycles. The van der Waals surface area contributed by atoms with Gasteiger partial charge in [0.1, 0.15) is 16.3 Å². The fourth-order valence-corrected chi connectivity index (χ4v) is 6.33. The molecule has 0 amide bonds. The van der Waals surface area contributed by atoms with E-state index in [4.69, 9.17) is 0 Å². The third kappa shape index (κ3) is 6.53. The normalized spacial score (nSPS) is 27.1. The van der Waals surface area contributed by atoms with Crippen LogP contribution in [0.3, 0.4) is 0 Å². The third-order valence-corrected chi connectivity index (χ3v) is 8.73. The maximum Gasteiger partial charge on any atom is 0.161 e. The molecule has 0 spiro atoms. The molecule has 2 aliphatic rings. The SMILES string of the molecule is CC(C)NCC(=O)C1[C@@H]2CC[C@H]1CC([C@@H](Cc1cc(F)c(F)cc1F)N[S@@+]([O-])C(C)(C)C)C2. The zero-order valence-electron chi connectivity index (χ0n) is 20.2. The Bertz CT molecular complexity index is 832. The molecule has 2 fully saturated rings. The van der Waals surface area contributed by atoms with Crippen molar-refractivity contribution < 1.29 is 22.5 Å². The Morgan fingerprint density at radius 2 is 1.67 bits per heavy atom. The molecule has 1 aromatic rings. The summed E-state index contributed by atoms with van der Waals surface area (Å²) in [6, 6.07) is 1.36. The lowest BCUT2D eigenvalue weighted by Gasteiger charge is -2.39. The van der Waals surface area contributed by atoms with Crippen molar-refractivity contribution >= 4 is 17.1 Å². The number of carbonyl (C=O) groups is 1. The van der Waals surface area contributed by atoms with Gasteiger partial charge < -0.3 is 9.87 Å². The van der Waals surface area contributed by atoms with Crippen LogP contribution in [0.5, 0.6) is 0 Å². The van der Waals surface area contributed by atoms with E-state index in [1.54, 1.807) is 0 Å². The molecule has 0 saturated heterocycles. The largest absolute Gasteiger partial charge is 0.598 e. The highest BCUT2D eigenvalue weighted by Gasteiger charge is 2.48. The first-order valence-electron chi connectivity index (χ1n) is 11.9. The van der Waals surface area contributed by atoms with Crippen molar-refractivity contribution in [2.45, 2.75) is 83.6 Å². The fraction of sp³-hybridized carbons (Fsp3) is 0.720. The highest BCUT2D eigenvalue weighted by atomic mass is 32.2. The molecule has 3 rings (SSSR count). The number of Topliss-reactive ketones (excluding diaryl/α,β-unsaturated/α-hetero) is 1. The molecule has 0 radical (unpaired) electrons. The van der Waals surface area contributed by atoms with Crippen LogP contribution < -0.4 is 10.0 Å². The topological polar surface area (TPSA) is 64.2 Å². The quantitative estimate of drug-likeness (QED) is 0.393. The lowest BCUT2D eigenvalue weighted by atomic mass is 9.69. The summed E-state index contributed by atoms with van der Waals surface area (Å²) in [4.78, 5) is 12.9. The number of benzene rings is 1. The molecular weight excluding hydrogens is 449 g/mol. The van der Waals surface area contributed by atoms with Crippen molar-refractivity contribution in [2.24, 2.45) is 23.7 Å². The van der Waals surface area contributed by atoms with Crippen molar-refractivity contribution in [1.82, 2.24) is 10.0 Å². The molecule has 0 aliphatic heterocycles. The van der Waals surface area contributed by atoms with E-state index in [1.807, 2.05) is 34.6 Å². The smallest absolute Gasteiger partial charge is 0.161 e. The summed E-state index contributed by atoms with van der Waals surface area (Å²) in [6.07, 6.45) is 3.63. The highest BCUT2D eigenvalue weighted by molar-refractivity contribution is 7.90. The molecular formula is C25H37F3N2O2S. The first kappa shape index (κ1) is 26.5. The molecule has 4 nitrogen and oxygen atoms in total. The van der Waals surface area contributed by atoms with Gasteiger partial charge in [-0.3, -0.25) is 4.79 Å². The predicted octanol–water partition coefficient (Wildman–Crippen LogP) is 4.69. The molecule has 186 valence electrons. The van der Waals surface area contributed by atoms with Crippen molar-refractivity contribution in [3.05, 3.63) is 35.1 Å². The van der Waals surface area contributed by atoms with Gasteiger partial charge in [-0.2, -0.15) is 0 Å². The first-order chi connectivity index (χ1) is 15.4. The Balaban J connectivity index is 1.79. The van der Waals surface area contributed by atoms with Gasteiger partial charge in [-0.25, -0.2) is 13.2 Å². The Labute approximate surface area is 198 Å². The van der Waals surface area contributed by atoms with Crippen LogP contribution in [0.15, 0.2) is 12.1 Å². The zero-order chi connectivity index (χ0) is 24.5. The van der Waals surface area contributed by atoms with Gasteiger partial charge >= 0.3 is 0 Å². The molecule has 2 unspecified atom stereocenters. The molecule has 2 saturated carbocycles. The Morgan fingerprint density at radius 3 is 2.21 bits per heavy atom. The average molecular weight is 487 g/mol. The molecule has 2 N–H and O–H groups in total. The number of hydrogen-bond acceptors (Lipinski definition) is 4. The molecule has 2 bridgehead atoms. The standard InChI is InChI=1S/C25H37F3N2O2S/c1-14(2)29-13-23(31)24-15-6-7-16(24)9-18(8-15)22(30-33(32)25(3,4)5)11-17-10-20(27)21(28)12-19(17)26/h10,12,14-16,18,22,24,29-30H,6-9,11,13H2,1-5H3/t15-,16+,18?,22-,24?,33+/m1/s1. The van der Waals surface area contributed by atoms with Crippen LogP contribution in [0.1, 0.15) is 65.9 Å². The van der Waals surface area contributed by atoms with Crippen LogP contribution in [0.25, 0.3) is 0 Å². The number of nitrogens with one attached hydrogen (secondary N) is 2. The minimum Gasteiger partial charge on any atom is -0.598 e. The van der Waals surface area contributed by atoms with Gasteiger partial charge in [0.2, 0.25) is 0 Å². The van der Waals surface area contributed by atoms with E-state index in [9.17, 15) is 22.5 Å². The number of hydrogen-bond donors (Lipinski definition) is 2. The van der Waals surface area contributed by atoms with E-state index in [0.717, 1.165) is 31.7 Å². The summed E-state index contributed by atoms with van der Waals surface area (Å²) < 4.78 is 57.3. The van der Waals surface area contributed by atoms with Crippen LogP contribution >= 0.6 is 0 Å². The summed E-state index contributed by atoms with van der Waals surface area (Å²) in [5, 5.41) is 3.23. The summed E-state index contributed by atoms with van der Waals surface area (Å²) in [5.41, 5.74) is 0.0731. The minimum absolute atomic E-state index is 0.0289. The number of carbonyl (C=O) groups excluding carboxylic acids is 1. The van der Waals surface area contributed by atoms with Gasteiger partial charge in [-0.1, -0.05) is 13.8 Å². The lowest BCUT2D eigenvalue weighted by Crippen LogP contribution is -2.50. The summed E-state index contributed by atoms with van der Waals surface area (Å²) in [6.45, 7) is 9.96. The van der Waals surface area contributed by atoms with E-state index in [2.05, 4.69) is 10.0 Å². The van der Waals surface area contributed by atoms with Gasteiger partial charge in [-0.05, 0) is 82.3 Å². The van der Waals surface area contributed by atoms with Crippen LogP contribution in [-0.4, -0.2) is 33.7 Å². The van der Waals surface area contributed by atoms with Crippen molar-refractivity contribution in [3.8, 4) is 0 Å². The zero-order valence-corrected chi connectivity index (χ0v) is 21.0. The number of rotatable bonds is 9. The molecule has 0 aromatic heterocycles. The molecule has 33 heavy (non-hydrogen) atoms. The first-order valence-corrected chi connectivity index (χ1v) is 13.1. The van der Waals surface area contributed by atoms with Gasteiger partial charge in [0.05, 0.1) is 12.6 Å². The van der Waals surface area contributed by atoms with Gasteiger partial charge in [0, 0.05) is 29.4 Å². The maximum atomic E-state index is 14.5. The fourth-order valence-electron chi connectivity index (χ4n) is 5.43. The highest BCUT2D eigenvalue weighted by Crippen LogP contribution is 2.50. The number of halogens is 3. The Hall–Kier alpha value is -1.09. The number of ketones is 1. The Kier molecular flexibility index (Phi) is 8.57. The predicted molar refractivity (Wildman–Crippen MR) is 125 cm³/mol. The van der Waals surface area contributed by atoms with Crippen LogP contribution in [0.2, 0.25) is 0 Å². The van der Waals surface area contributed by atoms with Gasteiger partial charge in [-0.15, -0.1) is 4.72 Å². The van der Waals surface area contributed by atoms with E-state index >= 15 is 0 Å². The monoisotopic (exact) mass is 486 g/mol. The second-order valence-electron chi connectivity index (χ2n) is 11.0. The second-order valence-corrected chi connectivity index (χ2v) is 13.0.